The van der Waals surface area contributed by atoms with E-state index < -0.39 is 17.8 Å². The molecule has 3 rings (SSSR count). The van der Waals surface area contributed by atoms with E-state index in [9.17, 15) is 14.0 Å². The molecule has 1 saturated heterocycles. The molecule has 1 fully saturated rings. The smallest absolute Gasteiger partial charge is 0.257 e. The molecule has 24 heavy (non-hydrogen) atoms. The van der Waals surface area contributed by atoms with Crippen molar-refractivity contribution in [3.8, 4) is 0 Å². The zero-order chi connectivity index (χ0) is 17.1. The summed E-state index contributed by atoms with van der Waals surface area (Å²) in [6, 6.07) is 12.8. The van der Waals surface area contributed by atoms with Gasteiger partial charge in [-0.25, -0.2) is 4.39 Å². The lowest BCUT2D eigenvalue weighted by atomic mass is 10.1. The Kier molecular flexibility index (Phi) is 4.60. The van der Waals surface area contributed by atoms with Crippen LogP contribution in [0.15, 0.2) is 48.5 Å². The summed E-state index contributed by atoms with van der Waals surface area (Å²) < 4.78 is 13.9. The monoisotopic (exact) mass is 326 g/mol. The number of carbonyl (C=O) groups is 2. The van der Waals surface area contributed by atoms with Crippen molar-refractivity contribution in [2.75, 3.05) is 11.9 Å². The summed E-state index contributed by atoms with van der Waals surface area (Å²) in [5.74, 6) is -1.23. The van der Waals surface area contributed by atoms with E-state index in [1.54, 1.807) is 6.07 Å². The van der Waals surface area contributed by atoms with Gasteiger partial charge in [0, 0.05) is 12.2 Å². The molecule has 1 aliphatic heterocycles. The number of likely N-dealkylation sites (tertiary alicyclic amines) is 1. The summed E-state index contributed by atoms with van der Waals surface area (Å²) in [6.07, 6.45) is 1.31. The predicted molar refractivity (Wildman–Crippen MR) is 90.3 cm³/mol. The third kappa shape index (κ3) is 3.30. The largest absolute Gasteiger partial charge is 0.327 e. The van der Waals surface area contributed by atoms with Crippen LogP contribution in [0.5, 0.6) is 0 Å². The van der Waals surface area contributed by atoms with Crippen LogP contribution in [-0.2, 0) is 4.79 Å². The highest BCUT2D eigenvalue weighted by atomic mass is 19.1. The summed E-state index contributed by atoms with van der Waals surface area (Å²) >= 11 is 0. The lowest BCUT2D eigenvalue weighted by Crippen LogP contribution is -2.43. The van der Waals surface area contributed by atoms with E-state index >= 15 is 0 Å². The molecule has 1 unspecified atom stereocenters. The molecule has 1 N–H and O–H groups in total. The third-order valence-corrected chi connectivity index (χ3v) is 4.24. The Morgan fingerprint density at radius 1 is 1.12 bits per heavy atom. The van der Waals surface area contributed by atoms with Crippen molar-refractivity contribution in [3.63, 3.8) is 0 Å². The van der Waals surface area contributed by atoms with Crippen LogP contribution < -0.4 is 5.32 Å². The minimum atomic E-state index is -0.571. The van der Waals surface area contributed by atoms with Gasteiger partial charge >= 0.3 is 0 Å². The molecule has 5 heteroatoms. The van der Waals surface area contributed by atoms with Crippen molar-refractivity contribution >= 4 is 17.5 Å². The van der Waals surface area contributed by atoms with Gasteiger partial charge in [0.1, 0.15) is 11.9 Å². The van der Waals surface area contributed by atoms with Crippen molar-refractivity contribution in [3.05, 3.63) is 65.5 Å². The van der Waals surface area contributed by atoms with Gasteiger partial charge in [0.2, 0.25) is 5.91 Å². The number of hydrogen-bond acceptors (Lipinski definition) is 2. The number of nitrogens with zero attached hydrogens (tertiary/aromatic N) is 1. The van der Waals surface area contributed by atoms with Crippen LogP contribution in [0.1, 0.15) is 28.8 Å². The number of carbonyl (C=O) groups excluding carboxylic acids is 2. The fourth-order valence-corrected chi connectivity index (χ4v) is 2.93. The van der Waals surface area contributed by atoms with E-state index in [4.69, 9.17) is 0 Å². The molecule has 2 aromatic carbocycles. The van der Waals surface area contributed by atoms with E-state index in [1.807, 2.05) is 31.2 Å². The van der Waals surface area contributed by atoms with E-state index in [0.717, 1.165) is 12.0 Å². The van der Waals surface area contributed by atoms with Gasteiger partial charge in [-0.2, -0.15) is 0 Å². The molecule has 2 aromatic rings. The van der Waals surface area contributed by atoms with Crippen LogP contribution >= 0.6 is 0 Å². The van der Waals surface area contributed by atoms with Gasteiger partial charge in [-0.3, -0.25) is 9.59 Å². The highest BCUT2D eigenvalue weighted by Crippen LogP contribution is 2.23. The van der Waals surface area contributed by atoms with Gasteiger partial charge < -0.3 is 10.2 Å². The Morgan fingerprint density at radius 2 is 1.83 bits per heavy atom. The van der Waals surface area contributed by atoms with Crippen LogP contribution in [0.4, 0.5) is 10.1 Å². The van der Waals surface area contributed by atoms with E-state index in [-0.39, 0.29) is 11.5 Å². The van der Waals surface area contributed by atoms with Gasteiger partial charge in [0.15, 0.2) is 0 Å². The normalized spacial score (nSPS) is 16.9. The van der Waals surface area contributed by atoms with E-state index in [0.29, 0.717) is 18.7 Å². The van der Waals surface area contributed by atoms with Crippen LogP contribution in [0.3, 0.4) is 0 Å². The van der Waals surface area contributed by atoms with Crippen LogP contribution in [0.2, 0.25) is 0 Å². The number of halogens is 1. The molecule has 0 bridgehead atoms. The van der Waals surface area contributed by atoms with Crippen molar-refractivity contribution in [2.45, 2.75) is 25.8 Å². The molecule has 2 amide bonds. The molecule has 124 valence electrons. The molecule has 0 aliphatic carbocycles. The first-order valence-electron chi connectivity index (χ1n) is 7.99. The number of benzene rings is 2. The number of anilines is 1. The Bertz CT molecular complexity index is 758. The van der Waals surface area contributed by atoms with Crippen molar-refractivity contribution in [1.29, 1.82) is 0 Å². The number of rotatable bonds is 3. The molecular formula is C19H19FN2O2. The maximum absolute atomic E-state index is 13.9. The predicted octanol–water partition coefficient (Wildman–Crippen LogP) is 3.38. The van der Waals surface area contributed by atoms with Crippen LogP contribution in [-0.4, -0.2) is 29.3 Å². The molecule has 4 nitrogen and oxygen atoms in total. The second-order valence-electron chi connectivity index (χ2n) is 5.99. The Balaban J connectivity index is 1.75. The Morgan fingerprint density at radius 3 is 2.54 bits per heavy atom. The minimum Gasteiger partial charge on any atom is -0.327 e. The minimum absolute atomic E-state index is 0.00698. The van der Waals surface area contributed by atoms with E-state index in [2.05, 4.69) is 5.32 Å². The molecule has 1 atom stereocenters. The van der Waals surface area contributed by atoms with Gasteiger partial charge in [-0.1, -0.05) is 29.8 Å². The maximum atomic E-state index is 13.9. The fourth-order valence-electron chi connectivity index (χ4n) is 2.93. The number of nitrogens with one attached hydrogen (secondary N) is 1. The van der Waals surface area contributed by atoms with Crippen molar-refractivity contribution < 1.29 is 14.0 Å². The highest BCUT2D eigenvalue weighted by molar-refractivity contribution is 6.01. The lowest BCUT2D eigenvalue weighted by Gasteiger charge is -2.24. The first kappa shape index (κ1) is 16.2. The van der Waals surface area contributed by atoms with Crippen molar-refractivity contribution in [1.82, 2.24) is 4.90 Å². The summed E-state index contributed by atoms with van der Waals surface area (Å²) in [4.78, 5) is 26.6. The molecule has 1 heterocycles. The molecule has 0 radical (unpaired) electrons. The van der Waals surface area contributed by atoms with Crippen LogP contribution in [0, 0.1) is 12.7 Å². The first-order chi connectivity index (χ1) is 11.6. The quantitative estimate of drug-likeness (QED) is 0.940. The summed E-state index contributed by atoms with van der Waals surface area (Å²) in [5, 5.41) is 2.84. The van der Waals surface area contributed by atoms with Gasteiger partial charge in [0.25, 0.3) is 5.91 Å². The number of amides is 2. The van der Waals surface area contributed by atoms with Crippen molar-refractivity contribution in [2.24, 2.45) is 0 Å². The standard InChI is InChI=1S/C19H19FN2O2/c1-13-8-10-14(11-9-13)21-18(23)17-7-4-12-22(17)19(24)15-5-2-3-6-16(15)20/h2-3,5-6,8-11,17H,4,7,12H2,1H3,(H,21,23). The number of aryl methyl sites for hydroxylation is 1. The molecule has 0 spiro atoms. The number of hydrogen-bond donors (Lipinski definition) is 1. The van der Waals surface area contributed by atoms with Gasteiger partial charge in [0.05, 0.1) is 5.56 Å². The Labute approximate surface area is 140 Å². The highest BCUT2D eigenvalue weighted by Gasteiger charge is 2.35. The molecule has 1 aliphatic rings. The molecule has 0 aromatic heterocycles. The fraction of sp³-hybridized carbons (Fsp3) is 0.263. The topological polar surface area (TPSA) is 49.4 Å². The molecular weight excluding hydrogens is 307 g/mol. The maximum Gasteiger partial charge on any atom is 0.257 e. The molecule has 0 saturated carbocycles. The summed E-state index contributed by atoms with van der Waals surface area (Å²) in [5.41, 5.74) is 1.80. The lowest BCUT2D eigenvalue weighted by molar-refractivity contribution is -0.119. The average Bonchev–Trinajstić information content (AvgIpc) is 3.06. The third-order valence-electron chi connectivity index (χ3n) is 4.24. The average molecular weight is 326 g/mol. The second kappa shape index (κ2) is 6.83. The SMILES string of the molecule is Cc1ccc(NC(=O)C2CCCN2C(=O)c2ccccc2F)cc1. The zero-order valence-corrected chi connectivity index (χ0v) is 13.5. The van der Waals surface area contributed by atoms with Gasteiger partial charge in [-0.05, 0) is 44.0 Å². The Hall–Kier alpha value is -2.69. The summed E-state index contributed by atoms with van der Waals surface area (Å²) in [7, 11) is 0. The van der Waals surface area contributed by atoms with Gasteiger partial charge in [-0.15, -0.1) is 0 Å². The van der Waals surface area contributed by atoms with Crippen LogP contribution in [0.25, 0.3) is 0 Å². The summed E-state index contributed by atoms with van der Waals surface area (Å²) in [6.45, 7) is 2.43. The second-order valence-corrected chi connectivity index (χ2v) is 5.99. The van der Waals surface area contributed by atoms with E-state index in [1.165, 1.54) is 23.1 Å². The first-order valence-corrected chi connectivity index (χ1v) is 7.99. The zero-order valence-electron chi connectivity index (χ0n) is 13.5.